The summed E-state index contributed by atoms with van der Waals surface area (Å²) in [5.41, 5.74) is 14.0. The molecule has 15 heteroatoms. The molecule has 0 atom stereocenters. The second kappa shape index (κ2) is 16.7. The number of nitrogen functional groups attached to an aromatic ring is 1. The van der Waals surface area contributed by atoms with E-state index >= 15 is 0 Å². The molecule has 0 aliphatic carbocycles. The van der Waals surface area contributed by atoms with Crippen LogP contribution in [0.15, 0.2) is 58.3 Å². The van der Waals surface area contributed by atoms with Crippen LogP contribution in [-0.4, -0.2) is 60.0 Å². The van der Waals surface area contributed by atoms with Gasteiger partial charge in [-0.15, -0.1) is 0 Å². The Morgan fingerprint density at radius 2 is 1.33 bits per heavy atom. The second-order valence-corrected chi connectivity index (χ2v) is 13.1. The van der Waals surface area contributed by atoms with Gasteiger partial charge in [-0.1, -0.05) is 0 Å². The Morgan fingerprint density at radius 3 is 1.86 bits per heavy atom. The lowest BCUT2D eigenvalue weighted by molar-refractivity contribution is 0.112. The molecule has 6 rings (SSSR count). The summed E-state index contributed by atoms with van der Waals surface area (Å²) in [5, 5.41) is 12.5. The van der Waals surface area contributed by atoms with Crippen molar-refractivity contribution < 1.29 is 14.3 Å². The number of aldehydes is 1. The number of hydrogen-bond donors (Lipinski definition) is 2. The van der Waals surface area contributed by atoms with Gasteiger partial charge in [0, 0.05) is 41.9 Å². The van der Waals surface area contributed by atoms with Gasteiger partial charge in [0.15, 0.2) is 6.29 Å². The van der Waals surface area contributed by atoms with Gasteiger partial charge in [-0.25, -0.2) is 9.97 Å². The molecule has 13 nitrogen and oxygen atoms in total. The molecule has 0 radical (unpaired) electrons. The molecule has 0 saturated carbocycles. The Bertz CT molecular complexity index is 2060. The van der Waals surface area contributed by atoms with Gasteiger partial charge in [-0.2, -0.15) is 10.2 Å². The quantitative estimate of drug-likeness (QED) is 0.115. The van der Waals surface area contributed by atoms with Crippen LogP contribution in [0.3, 0.4) is 0 Å². The standard InChI is InChI=1S/C17H20BrN5O.C11H12BrN3O.C6H8N2O/c1-10(2)23-17-12(5-15(18)21-16(17)11(3)22-23)7-20-13-6-14(24-4)9-19-8-13;1-6(2)15-11-8(5-16)4-9(12)13-10(11)7(3)14-15;1-9-6-2-5(7)3-8-4-6/h5-6,8-10,20H,7H2,1-4H3;4-6H,1-3H3;2-4H,7H2,1H3. The van der Waals surface area contributed by atoms with Crippen molar-refractivity contribution in [2.45, 2.75) is 60.2 Å². The smallest absolute Gasteiger partial charge is 0.152 e. The summed E-state index contributed by atoms with van der Waals surface area (Å²) in [6.07, 6.45) is 7.48. The fraction of sp³-hybridized carbons (Fsp3) is 0.324. The fourth-order valence-corrected chi connectivity index (χ4v) is 5.82. The minimum atomic E-state index is 0.206. The molecule has 6 aromatic rings. The first kappa shape index (κ1) is 37.2. The molecular weight excluding hydrogens is 756 g/mol. The molecule has 0 aliphatic heterocycles. The lowest BCUT2D eigenvalue weighted by Crippen LogP contribution is -2.07. The zero-order chi connectivity index (χ0) is 35.8. The van der Waals surface area contributed by atoms with Gasteiger partial charge in [-0.05, 0) is 85.5 Å². The van der Waals surface area contributed by atoms with E-state index < -0.39 is 0 Å². The first-order valence-electron chi connectivity index (χ1n) is 15.4. The summed E-state index contributed by atoms with van der Waals surface area (Å²) >= 11 is 6.80. The van der Waals surface area contributed by atoms with Crippen LogP contribution in [0.4, 0.5) is 11.4 Å². The number of halogens is 2. The van der Waals surface area contributed by atoms with Gasteiger partial charge < -0.3 is 20.5 Å². The van der Waals surface area contributed by atoms with Crippen LogP contribution in [0, 0.1) is 13.8 Å². The number of hydrogen-bond acceptors (Lipinski definition) is 11. The van der Waals surface area contributed by atoms with Crippen molar-refractivity contribution in [3.8, 4) is 11.5 Å². The monoisotopic (exact) mass is 794 g/mol. The predicted octanol–water partition coefficient (Wildman–Crippen LogP) is 7.67. The number of ether oxygens (including phenoxy) is 2. The van der Waals surface area contributed by atoms with Crippen molar-refractivity contribution in [2.75, 3.05) is 25.3 Å². The molecule has 0 saturated heterocycles. The number of rotatable bonds is 8. The van der Waals surface area contributed by atoms with Crippen LogP contribution in [0.2, 0.25) is 0 Å². The topological polar surface area (TPSA) is 161 Å². The van der Waals surface area contributed by atoms with E-state index in [2.05, 4.69) is 81.2 Å². The van der Waals surface area contributed by atoms with Crippen molar-refractivity contribution in [3.63, 3.8) is 0 Å². The summed E-state index contributed by atoms with van der Waals surface area (Å²) in [7, 11) is 3.21. The number of nitrogens with two attached hydrogens (primary N) is 1. The fourth-order valence-electron chi connectivity index (χ4n) is 4.94. The van der Waals surface area contributed by atoms with Gasteiger partial charge in [-0.3, -0.25) is 24.1 Å². The Balaban J connectivity index is 0.000000185. The second-order valence-electron chi connectivity index (χ2n) is 11.5. The van der Waals surface area contributed by atoms with Crippen LogP contribution in [0.5, 0.6) is 11.5 Å². The summed E-state index contributed by atoms with van der Waals surface area (Å²) in [5.74, 6) is 1.42. The lowest BCUT2D eigenvalue weighted by atomic mass is 10.2. The maximum Gasteiger partial charge on any atom is 0.152 e. The number of fused-ring (bicyclic) bond motifs is 2. The number of carbonyl (C=O) groups is 1. The first-order chi connectivity index (χ1) is 23.4. The molecule has 0 spiro atoms. The normalized spacial score (nSPS) is 10.9. The van der Waals surface area contributed by atoms with Crippen LogP contribution in [0.1, 0.15) is 67.1 Å². The molecule has 0 aliphatic rings. The molecule has 6 heterocycles. The molecule has 49 heavy (non-hydrogen) atoms. The third-order valence-electron chi connectivity index (χ3n) is 7.20. The molecular formula is C34H40Br2N10O3. The zero-order valence-electron chi connectivity index (χ0n) is 28.7. The number of carbonyl (C=O) groups excluding carboxylic acids is 1. The largest absolute Gasteiger partial charge is 0.495 e. The van der Waals surface area contributed by atoms with Gasteiger partial charge in [0.25, 0.3) is 0 Å². The van der Waals surface area contributed by atoms with Crippen molar-refractivity contribution in [3.05, 3.63) is 80.8 Å². The Hall–Kier alpha value is -4.63. The van der Waals surface area contributed by atoms with Crippen molar-refractivity contribution >= 4 is 71.6 Å². The highest BCUT2D eigenvalue weighted by Gasteiger charge is 2.17. The van der Waals surface area contributed by atoms with E-state index in [0.29, 0.717) is 28.1 Å². The SMILES string of the molecule is COc1cncc(N)c1.COc1cncc(NCc2cc(Br)nc3c(C)nn(C(C)C)c23)c1.Cc1nn(C(C)C)c2c(C=O)cc(Br)nc12. The van der Waals surface area contributed by atoms with E-state index in [0.717, 1.165) is 61.3 Å². The Kier molecular flexibility index (Phi) is 12.6. The van der Waals surface area contributed by atoms with E-state index in [1.165, 1.54) is 0 Å². The Labute approximate surface area is 301 Å². The van der Waals surface area contributed by atoms with Crippen molar-refractivity contribution in [2.24, 2.45) is 0 Å². The van der Waals surface area contributed by atoms with Gasteiger partial charge in [0.2, 0.25) is 0 Å². The third kappa shape index (κ3) is 9.09. The molecule has 0 bridgehead atoms. The molecule has 0 aromatic carbocycles. The molecule has 258 valence electrons. The number of anilines is 2. The molecule has 3 N–H and O–H groups in total. The number of nitrogens with zero attached hydrogens (tertiary/aromatic N) is 8. The minimum Gasteiger partial charge on any atom is -0.495 e. The highest BCUT2D eigenvalue weighted by molar-refractivity contribution is 9.10. The van der Waals surface area contributed by atoms with Gasteiger partial charge in [0.05, 0.1) is 72.8 Å². The van der Waals surface area contributed by atoms with E-state index in [9.17, 15) is 4.79 Å². The molecule has 0 amide bonds. The van der Waals surface area contributed by atoms with Gasteiger partial charge in [0.1, 0.15) is 31.7 Å². The summed E-state index contributed by atoms with van der Waals surface area (Å²) in [6.45, 7) is 12.8. The maximum absolute atomic E-state index is 11.1. The predicted molar refractivity (Wildman–Crippen MR) is 199 cm³/mol. The number of pyridine rings is 4. The summed E-state index contributed by atoms with van der Waals surface area (Å²) in [6, 6.07) is 7.86. The van der Waals surface area contributed by atoms with Crippen LogP contribution < -0.4 is 20.5 Å². The third-order valence-corrected chi connectivity index (χ3v) is 8.01. The molecule has 0 fully saturated rings. The van der Waals surface area contributed by atoms with Crippen LogP contribution in [-0.2, 0) is 6.54 Å². The Morgan fingerprint density at radius 1 is 0.796 bits per heavy atom. The van der Waals surface area contributed by atoms with E-state index in [1.807, 2.05) is 49.2 Å². The van der Waals surface area contributed by atoms with E-state index in [-0.39, 0.29) is 12.1 Å². The number of methoxy groups -OCH3 is 2. The van der Waals surface area contributed by atoms with Gasteiger partial charge >= 0.3 is 0 Å². The minimum absolute atomic E-state index is 0.206. The highest BCUT2D eigenvalue weighted by Crippen LogP contribution is 2.28. The maximum atomic E-state index is 11.1. The number of aryl methyl sites for hydroxylation is 2. The average molecular weight is 797 g/mol. The summed E-state index contributed by atoms with van der Waals surface area (Å²) in [4.78, 5) is 28.0. The molecule has 6 aromatic heterocycles. The van der Waals surface area contributed by atoms with Crippen LogP contribution in [0.25, 0.3) is 22.1 Å². The van der Waals surface area contributed by atoms with E-state index in [1.54, 1.807) is 51.1 Å². The molecule has 0 unspecified atom stereocenters. The van der Waals surface area contributed by atoms with Crippen molar-refractivity contribution in [1.29, 1.82) is 0 Å². The van der Waals surface area contributed by atoms with E-state index in [4.69, 9.17) is 15.2 Å². The number of nitrogens with one attached hydrogen (secondary N) is 1. The zero-order valence-corrected chi connectivity index (χ0v) is 31.9. The highest BCUT2D eigenvalue weighted by atomic mass is 79.9. The first-order valence-corrected chi connectivity index (χ1v) is 17.0. The van der Waals surface area contributed by atoms with Crippen molar-refractivity contribution in [1.82, 2.24) is 39.5 Å². The number of aromatic nitrogens is 8. The van der Waals surface area contributed by atoms with Crippen LogP contribution >= 0.6 is 31.9 Å². The summed E-state index contributed by atoms with van der Waals surface area (Å²) < 4.78 is 15.4. The lowest BCUT2D eigenvalue weighted by Gasteiger charge is -2.13. The average Bonchev–Trinajstić information content (AvgIpc) is 3.60.